The maximum Gasteiger partial charge on any atom is 0.256 e. The Kier molecular flexibility index (Phi) is 4.15. The average Bonchev–Trinajstić information content (AvgIpc) is 3.37. The molecular formula is C26H26N4O. The van der Waals surface area contributed by atoms with E-state index in [1.807, 2.05) is 18.3 Å². The second-order valence-electron chi connectivity index (χ2n) is 8.89. The molecule has 0 radical (unpaired) electrons. The van der Waals surface area contributed by atoms with Crippen LogP contribution in [0.2, 0.25) is 0 Å². The maximum absolute atomic E-state index is 13.0. The molecule has 1 saturated heterocycles. The summed E-state index contributed by atoms with van der Waals surface area (Å²) in [6.45, 7) is 4.40. The first-order valence-electron chi connectivity index (χ1n) is 11.1. The lowest BCUT2D eigenvalue weighted by Gasteiger charge is -2.30. The Morgan fingerprint density at radius 2 is 1.84 bits per heavy atom. The summed E-state index contributed by atoms with van der Waals surface area (Å²) in [5.74, 6) is 0.675. The van der Waals surface area contributed by atoms with E-state index in [0.717, 1.165) is 29.7 Å². The van der Waals surface area contributed by atoms with E-state index in [1.165, 1.54) is 41.6 Å². The van der Waals surface area contributed by atoms with E-state index >= 15 is 0 Å². The van der Waals surface area contributed by atoms with Crippen LogP contribution in [0.5, 0.6) is 0 Å². The van der Waals surface area contributed by atoms with Crippen molar-refractivity contribution in [3.63, 3.8) is 0 Å². The molecule has 4 aromatic rings. The maximum atomic E-state index is 13.0. The number of aryl methyl sites for hydroxylation is 2. The van der Waals surface area contributed by atoms with Crippen LogP contribution in [-0.4, -0.2) is 32.1 Å². The zero-order valence-corrected chi connectivity index (χ0v) is 18.0. The summed E-state index contributed by atoms with van der Waals surface area (Å²) in [4.78, 5) is 20.5. The molecule has 5 heteroatoms. The normalized spacial score (nSPS) is 18.3. The standard InChI is InChI=1S/C26H26N4O/c1-17-5-7-18(8-6-17)19-11-15-30(24(31)16-19)23-10-9-20-25-21(28(2)26(20)27-23)12-14-29-13-3-4-22(25)29/h5-11,15-16,22H,3-4,12-14H2,1-2H3. The third-order valence-electron chi connectivity index (χ3n) is 7.07. The molecule has 156 valence electrons. The van der Waals surface area contributed by atoms with Gasteiger partial charge in [0.1, 0.15) is 11.5 Å². The molecule has 1 unspecified atom stereocenters. The Morgan fingerprint density at radius 1 is 1.00 bits per heavy atom. The predicted molar refractivity (Wildman–Crippen MR) is 124 cm³/mol. The van der Waals surface area contributed by atoms with Crippen molar-refractivity contribution in [1.29, 1.82) is 0 Å². The number of pyridine rings is 2. The SMILES string of the molecule is Cc1ccc(-c2ccn(-c3ccc4c5c(n(C)c4n3)CCN3CCCC53)c(=O)c2)cc1. The van der Waals surface area contributed by atoms with Gasteiger partial charge in [-0.3, -0.25) is 14.3 Å². The Bertz CT molecular complexity index is 1360. The van der Waals surface area contributed by atoms with Crippen molar-refractivity contribution in [3.8, 4) is 16.9 Å². The minimum atomic E-state index is -0.0640. The lowest BCUT2D eigenvalue weighted by molar-refractivity contribution is 0.242. The van der Waals surface area contributed by atoms with E-state index in [-0.39, 0.29) is 5.56 Å². The molecule has 2 aliphatic heterocycles. The van der Waals surface area contributed by atoms with Gasteiger partial charge in [-0.15, -0.1) is 0 Å². The van der Waals surface area contributed by atoms with Gasteiger partial charge in [-0.25, -0.2) is 4.98 Å². The van der Waals surface area contributed by atoms with Gasteiger partial charge in [0.2, 0.25) is 0 Å². The molecule has 0 amide bonds. The van der Waals surface area contributed by atoms with Crippen LogP contribution >= 0.6 is 0 Å². The highest BCUT2D eigenvalue weighted by Crippen LogP contribution is 2.42. The summed E-state index contributed by atoms with van der Waals surface area (Å²) in [5.41, 5.74) is 6.97. The Labute approximate surface area is 181 Å². The zero-order valence-electron chi connectivity index (χ0n) is 18.0. The summed E-state index contributed by atoms with van der Waals surface area (Å²) < 4.78 is 3.89. The van der Waals surface area contributed by atoms with Crippen molar-refractivity contribution in [3.05, 3.63) is 81.9 Å². The highest BCUT2D eigenvalue weighted by Gasteiger charge is 2.35. The van der Waals surface area contributed by atoms with Crippen LogP contribution in [0, 0.1) is 6.92 Å². The first-order valence-corrected chi connectivity index (χ1v) is 11.1. The molecule has 0 bridgehead atoms. The molecule has 6 rings (SSSR count). The summed E-state index contributed by atoms with van der Waals surface area (Å²) in [7, 11) is 2.12. The van der Waals surface area contributed by atoms with Crippen molar-refractivity contribution in [2.45, 2.75) is 32.2 Å². The summed E-state index contributed by atoms with van der Waals surface area (Å²) in [5, 5.41) is 1.24. The van der Waals surface area contributed by atoms with Crippen LogP contribution in [0.4, 0.5) is 0 Å². The van der Waals surface area contributed by atoms with Crippen LogP contribution in [0.15, 0.2) is 59.5 Å². The fourth-order valence-electron chi connectivity index (χ4n) is 5.44. The van der Waals surface area contributed by atoms with Crippen molar-refractivity contribution < 1.29 is 0 Å². The largest absolute Gasteiger partial charge is 0.332 e. The van der Waals surface area contributed by atoms with Crippen molar-refractivity contribution in [2.75, 3.05) is 13.1 Å². The molecule has 3 aromatic heterocycles. The quantitative estimate of drug-likeness (QED) is 0.492. The average molecular weight is 411 g/mol. The first-order chi connectivity index (χ1) is 15.1. The van der Waals surface area contributed by atoms with E-state index in [0.29, 0.717) is 11.9 Å². The smallest absolute Gasteiger partial charge is 0.256 e. The number of nitrogens with zero attached hydrogens (tertiary/aromatic N) is 4. The summed E-state index contributed by atoms with van der Waals surface area (Å²) in [6.07, 6.45) is 5.41. The molecule has 0 aliphatic carbocycles. The molecule has 1 fully saturated rings. The van der Waals surface area contributed by atoms with Gasteiger partial charge in [-0.05, 0) is 61.2 Å². The molecule has 31 heavy (non-hydrogen) atoms. The van der Waals surface area contributed by atoms with Crippen LogP contribution in [-0.2, 0) is 13.5 Å². The number of hydrogen-bond donors (Lipinski definition) is 0. The monoisotopic (exact) mass is 410 g/mol. The van der Waals surface area contributed by atoms with Gasteiger partial charge in [-0.2, -0.15) is 0 Å². The molecule has 5 nitrogen and oxygen atoms in total. The third kappa shape index (κ3) is 2.87. The predicted octanol–water partition coefficient (Wildman–Crippen LogP) is 4.39. The molecular weight excluding hydrogens is 384 g/mol. The van der Waals surface area contributed by atoms with E-state index in [2.05, 4.69) is 53.8 Å². The number of rotatable bonds is 2. The van der Waals surface area contributed by atoms with Crippen LogP contribution in [0.1, 0.15) is 35.7 Å². The Balaban J connectivity index is 1.43. The van der Waals surface area contributed by atoms with Gasteiger partial charge in [0.15, 0.2) is 0 Å². The molecule has 1 aromatic carbocycles. The minimum absolute atomic E-state index is 0.0640. The van der Waals surface area contributed by atoms with Gasteiger partial charge in [0.25, 0.3) is 5.56 Å². The topological polar surface area (TPSA) is 43.1 Å². The zero-order chi connectivity index (χ0) is 21.1. The van der Waals surface area contributed by atoms with Crippen molar-refractivity contribution in [1.82, 2.24) is 19.0 Å². The number of hydrogen-bond acceptors (Lipinski definition) is 3. The Morgan fingerprint density at radius 3 is 2.65 bits per heavy atom. The van der Waals surface area contributed by atoms with Gasteiger partial charge in [0.05, 0.1) is 0 Å². The highest BCUT2D eigenvalue weighted by molar-refractivity contribution is 5.84. The fraction of sp³-hybridized carbons (Fsp3) is 0.308. The number of fused-ring (bicyclic) bond motifs is 5. The first kappa shape index (κ1) is 18.6. The molecule has 0 spiro atoms. The number of aromatic nitrogens is 3. The van der Waals surface area contributed by atoms with Crippen molar-refractivity contribution in [2.24, 2.45) is 7.05 Å². The van der Waals surface area contributed by atoms with Crippen LogP contribution in [0.3, 0.4) is 0 Å². The molecule has 2 aliphatic rings. The fourth-order valence-corrected chi connectivity index (χ4v) is 5.44. The minimum Gasteiger partial charge on any atom is -0.332 e. The Hall–Kier alpha value is -3.18. The molecule has 0 N–H and O–H groups in total. The lowest BCUT2D eigenvalue weighted by Crippen LogP contribution is -2.31. The van der Waals surface area contributed by atoms with Crippen molar-refractivity contribution >= 4 is 11.0 Å². The number of benzene rings is 1. The van der Waals surface area contributed by atoms with Gasteiger partial charge < -0.3 is 4.57 Å². The second kappa shape index (κ2) is 6.92. The van der Waals surface area contributed by atoms with Crippen LogP contribution in [0.25, 0.3) is 28.0 Å². The van der Waals surface area contributed by atoms with E-state index in [1.54, 1.807) is 10.6 Å². The van der Waals surface area contributed by atoms with E-state index in [9.17, 15) is 4.79 Å². The third-order valence-corrected chi connectivity index (χ3v) is 7.07. The second-order valence-corrected chi connectivity index (χ2v) is 8.89. The van der Waals surface area contributed by atoms with Gasteiger partial charge in [-0.1, -0.05) is 29.8 Å². The van der Waals surface area contributed by atoms with Gasteiger partial charge in [0, 0.05) is 49.4 Å². The molecule has 1 atom stereocenters. The van der Waals surface area contributed by atoms with Gasteiger partial charge >= 0.3 is 0 Å². The summed E-state index contributed by atoms with van der Waals surface area (Å²) in [6, 6.07) is 16.6. The molecule has 0 saturated carbocycles. The van der Waals surface area contributed by atoms with Crippen LogP contribution < -0.4 is 5.56 Å². The lowest BCUT2D eigenvalue weighted by atomic mass is 9.96. The summed E-state index contributed by atoms with van der Waals surface area (Å²) >= 11 is 0. The van der Waals surface area contributed by atoms with E-state index in [4.69, 9.17) is 4.98 Å². The van der Waals surface area contributed by atoms with E-state index < -0.39 is 0 Å². The molecule has 5 heterocycles. The highest BCUT2D eigenvalue weighted by atomic mass is 16.1.